The second-order valence-corrected chi connectivity index (χ2v) is 7.88. The zero-order chi connectivity index (χ0) is 19.6. The van der Waals surface area contributed by atoms with Crippen LogP contribution in [0.25, 0.3) is 0 Å². The Morgan fingerprint density at radius 1 is 1.00 bits per heavy atom. The minimum absolute atomic E-state index is 0.0888. The second kappa shape index (κ2) is 8.37. The maximum atomic E-state index is 13.0. The van der Waals surface area contributed by atoms with Crippen molar-refractivity contribution in [2.75, 3.05) is 20.2 Å². The van der Waals surface area contributed by atoms with Crippen LogP contribution in [-0.4, -0.2) is 36.8 Å². The maximum Gasteiger partial charge on any atom is 0.148 e. The molecule has 1 aromatic carbocycles. The molecule has 3 rings (SSSR count). The van der Waals surface area contributed by atoms with Crippen molar-refractivity contribution in [3.63, 3.8) is 0 Å². The standard InChI is InChI=1S/C23H29NO3/c1-5-6-17-11-15(2)22(16(3)12-17)23-20(25)13-19(14-21(23)26)18-7-9-24(27-4)10-8-18/h11-12,18-19,23H,7-10,13-14H2,1-4H3. The summed E-state index contributed by atoms with van der Waals surface area (Å²) in [5.74, 6) is 6.18. The zero-order valence-electron chi connectivity index (χ0n) is 16.8. The van der Waals surface area contributed by atoms with E-state index in [-0.39, 0.29) is 17.5 Å². The molecule has 1 saturated carbocycles. The van der Waals surface area contributed by atoms with Gasteiger partial charge in [0.1, 0.15) is 17.5 Å². The van der Waals surface area contributed by atoms with E-state index < -0.39 is 5.92 Å². The van der Waals surface area contributed by atoms with Crippen molar-refractivity contribution in [1.82, 2.24) is 5.06 Å². The number of piperidine rings is 1. The minimum atomic E-state index is -0.594. The average molecular weight is 367 g/mol. The van der Waals surface area contributed by atoms with Gasteiger partial charge >= 0.3 is 0 Å². The van der Waals surface area contributed by atoms with Crippen LogP contribution in [0.1, 0.15) is 60.8 Å². The molecule has 4 nitrogen and oxygen atoms in total. The molecule has 1 aromatic rings. The van der Waals surface area contributed by atoms with Crippen LogP contribution >= 0.6 is 0 Å². The van der Waals surface area contributed by atoms with Crippen molar-refractivity contribution in [3.8, 4) is 11.8 Å². The van der Waals surface area contributed by atoms with Crippen LogP contribution in [0.5, 0.6) is 0 Å². The number of ketones is 2. The van der Waals surface area contributed by atoms with Gasteiger partial charge in [0.15, 0.2) is 0 Å². The van der Waals surface area contributed by atoms with E-state index in [9.17, 15) is 9.59 Å². The third-order valence-electron chi connectivity index (χ3n) is 6.15. The summed E-state index contributed by atoms with van der Waals surface area (Å²) in [6.45, 7) is 7.53. The largest absolute Gasteiger partial charge is 0.302 e. The lowest BCUT2D eigenvalue weighted by molar-refractivity contribution is -0.153. The first-order valence-corrected chi connectivity index (χ1v) is 9.83. The molecular weight excluding hydrogens is 338 g/mol. The van der Waals surface area contributed by atoms with E-state index in [1.165, 1.54) is 0 Å². The Labute approximate surface area is 162 Å². The summed E-state index contributed by atoms with van der Waals surface area (Å²) in [6.07, 6.45) is 3.02. The minimum Gasteiger partial charge on any atom is -0.302 e. The third-order valence-corrected chi connectivity index (χ3v) is 6.15. The van der Waals surface area contributed by atoms with Crippen molar-refractivity contribution in [3.05, 3.63) is 34.4 Å². The topological polar surface area (TPSA) is 46.6 Å². The van der Waals surface area contributed by atoms with Crippen LogP contribution in [0.3, 0.4) is 0 Å². The summed E-state index contributed by atoms with van der Waals surface area (Å²) in [4.78, 5) is 31.3. The zero-order valence-corrected chi connectivity index (χ0v) is 16.8. The molecule has 0 amide bonds. The second-order valence-electron chi connectivity index (χ2n) is 7.88. The Kier molecular flexibility index (Phi) is 6.14. The number of aryl methyl sites for hydroxylation is 2. The van der Waals surface area contributed by atoms with E-state index in [4.69, 9.17) is 4.84 Å². The molecule has 0 unspecified atom stereocenters. The average Bonchev–Trinajstić information content (AvgIpc) is 2.63. The summed E-state index contributed by atoms with van der Waals surface area (Å²) in [5.41, 5.74) is 3.83. The number of benzene rings is 1. The van der Waals surface area contributed by atoms with Gasteiger partial charge in [0.05, 0.1) is 7.11 Å². The molecule has 1 aliphatic heterocycles. The molecule has 1 saturated heterocycles. The molecule has 0 spiro atoms. The first-order valence-electron chi connectivity index (χ1n) is 9.83. The van der Waals surface area contributed by atoms with Crippen molar-refractivity contribution in [1.29, 1.82) is 0 Å². The van der Waals surface area contributed by atoms with Gasteiger partial charge in [-0.25, -0.2) is 0 Å². The molecule has 4 heteroatoms. The van der Waals surface area contributed by atoms with Crippen LogP contribution in [-0.2, 0) is 14.4 Å². The van der Waals surface area contributed by atoms with Gasteiger partial charge < -0.3 is 4.84 Å². The number of carbonyl (C=O) groups excluding carboxylic acids is 2. The smallest absolute Gasteiger partial charge is 0.148 e. The predicted molar refractivity (Wildman–Crippen MR) is 105 cm³/mol. The molecular formula is C23H29NO3. The lowest BCUT2D eigenvalue weighted by Crippen LogP contribution is -2.40. The number of rotatable bonds is 3. The molecule has 2 fully saturated rings. The lowest BCUT2D eigenvalue weighted by atomic mass is 9.69. The van der Waals surface area contributed by atoms with Crippen LogP contribution < -0.4 is 0 Å². The number of nitrogens with zero attached hydrogens (tertiary/aromatic N) is 1. The summed E-state index contributed by atoms with van der Waals surface area (Å²) in [6, 6.07) is 3.98. The molecule has 0 radical (unpaired) electrons. The Bertz CT molecular complexity index is 753. The van der Waals surface area contributed by atoms with Gasteiger partial charge in [-0.15, -0.1) is 5.92 Å². The van der Waals surface area contributed by atoms with Gasteiger partial charge in [-0.3, -0.25) is 9.59 Å². The number of hydrogen-bond donors (Lipinski definition) is 0. The third kappa shape index (κ3) is 4.15. The fourth-order valence-corrected chi connectivity index (χ4v) is 4.84. The van der Waals surface area contributed by atoms with Crippen LogP contribution in [0.15, 0.2) is 12.1 Å². The van der Waals surface area contributed by atoms with E-state index in [0.717, 1.165) is 48.2 Å². The summed E-state index contributed by atoms with van der Waals surface area (Å²) in [7, 11) is 1.70. The lowest BCUT2D eigenvalue weighted by Gasteiger charge is -2.37. The molecule has 0 N–H and O–H groups in total. The fraction of sp³-hybridized carbons (Fsp3) is 0.565. The molecule has 27 heavy (non-hydrogen) atoms. The number of Topliss-reactive ketones (excluding diaryl/α,β-unsaturated/α-hetero) is 2. The van der Waals surface area contributed by atoms with E-state index in [1.54, 1.807) is 7.11 Å². The molecule has 144 valence electrons. The Morgan fingerprint density at radius 2 is 1.56 bits per heavy atom. The van der Waals surface area contributed by atoms with Crippen LogP contribution in [0.2, 0.25) is 0 Å². The molecule has 2 aliphatic rings. The van der Waals surface area contributed by atoms with Gasteiger partial charge in [0, 0.05) is 31.5 Å². The molecule has 1 heterocycles. The van der Waals surface area contributed by atoms with Crippen molar-refractivity contribution in [2.24, 2.45) is 11.8 Å². The fourth-order valence-electron chi connectivity index (χ4n) is 4.84. The van der Waals surface area contributed by atoms with Gasteiger partial charge in [-0.2, -0.15) is 5.06 Å². The summed E-state index contributed by atoms with van der Waals surface area (Å²) >= 11 is 0. The highest BCUT2D eigenvalue weighted by Crippen LogP contribution is 2.39. The van der Waals surface area contributed by atoms with E-state index in [2.05, 4.69) is 11.8 Å². The van der Waals surface area contributed by atoms with E-state index >= 15 is 0 Å². The van der Waals surface area contributed by atoms with Crippen molar-refractivity contribution in [2.45, 2.75) is 52.4 Å². The van der Waals surface area contributed by atoms with Crippen LogP contribution in [0, 0.1) is 37.5 Å². The molecule has 0 atom stereocenters. The number of carbonyl (C=O) groups is 2. The summed E-state index contributed by atoms with van der Waals surface area (Å²) in [5, 5.41) is 1.96. The van der Waals surface area contributed by atoms with E-state index in [0.29, 0.717) is 18.8 Å². The number of hydrogen-bond acceptors (Lipinski definition) is 4. The SMILES string of the molecule is CC#Cc1cc(C)c(C2C(=O)CC(C3CCN(OC)CC3)CC2=O)c(C)c1. The molecule has 0 aromatic heterocycles. The Balaban J connectivity index is 1.78. The highest BCUT2D eigenvalue weighted by Gasteiger charge is 2.41. The van der Waals surface area contributed by atoms with Crippen molar-refractivity contribution < 1.29 is 14.4 Å². The normalized spacial score (nSPS) is 24.6. The quantitative estimate of drug-likeness (QED) is 0.605. The van der Waals surface area contributed by atoms with Gasteiger partial charge in [-0.05, 0) is 74.3 Å². The monoisotopic (exact) mass is 367 g/mol. The number of hydroxylamine groups is 2. The van der Waals surface area contributed by atoms with E-state index in [1.807, 2.05) is 38.0 Å². The van der Waals surface area contributed by atoms with Gasteiger partial charge in [0.2, 0.25) is 0 Å². The highest BCUT2D eigenvalue weighted by molar-refractivity contribution is 6.10. The van der Waals surface area contributed by atoms with Gasteiger partial charge in [0.25, 0.3) is 0 Å². The summed E-state index contributed by atoms with van der Waals surface area (Å²) < 4.78 is 0. The molecule has 1 aliphatic carbocycles. The first-order chi connectivity index (χ1) is 12.9. The predicted octanol–water partition coefficient (Wildman–Crippen LogP) is 3.58. The Morgan fingerprint density at radius 3 is 2.04 bits per heavy atom. The molecule has 0 bridgehead atoms. The highest BCUT2D eigenvalue weighted by atomic mass is 16.7. The van der Waals surface area contributed by atoms with Crippen LogP contribution in [0.4, 0.5) is 0 Å². The van der Waals surface area contributed by atoms with Crippen molar-refractivity contribution >= 4 is 11.6 Å². The first kappa shape index (κ1) is 19.8. The Hall–Kier alpha value is -1.96. The maximum absolute atomic E-state index is 13.0. The van der Waals surface area contributed by atoms with Gasteiger partial charge in [-0.1, -0.05) is 5.92 Å².